The first-order chi connectivity index (χ1) is 50.9. The van der Waals surface area contributed by atoms with E-state index in [-0.39, 0.29) is 108 Å². The maximum Gasteiger partial charge on any atom is 0.305 e. The third kappa shape index (κ3) is 43.3. The molecule has 0 saturated heterocycles. The van der Waals surface area contributed by atoms with Gasteiger partial charge in [0.15, 0.2) is 17.9 Å². The van der Waals surface area contributed by atoms with E-state index < -0.39 is 169 Å². The molecule has 0 fully saturated rings. The predicted molar refractivity (Wildman–Crippen MR) is 403 cm³/mol. The van der Waals surface area contributed by atoms with E-state index in [2.05, 4.69) is 75.1 Å². The molecule has 0 aliphatic rings. The van der Waals surface area contributed by atoms with Gasteiger partial charge in [0.05, 0.1) is 13.0 Å². The summed E-state index contributed by atoms with van der Waals surface area (Å²) in [5, 5.41) is 54.9. The van der Waals surface area contributed by atoms with Crippen molar-refractivity contribution in [2.45, 2.75) is 268 Å². The number of nitrogens with zero attached hydrogens (tertiary/aromatic N) is 3. The second kappa shape index (κ2) is 55.5. The first kappa shape index (κ1) is 95.1. The number of guanidine groups is 3. The molecule has 29 N–H and O–H groups in total. The van der Waals surface area contributed by atoms with Crippen LogP contribution < -0.4 is 99.0 Å². The maximum absolute atomic E-state index is 14.6. The van der Waals surface area contributed by atoms with E-state index >= 15 is 0 Å². The van der Waals surface area contributed by atoms with Gasteiger partial charge in [0.1, 0.15) is 60.4 Å². The molecule has 0 unspecified atom stereocenters. The Balaban J connectivity index is 3.53. The van der Waals surface area contributed by atoms with E-state index in [9.17, 15) is 77.6 Å². The third-order valence-electron chi connectivity index (χ3n) is 17.4. The zero-order chi connectivity index (χ0) is 80.2. The molecule has 604 valence electrons. The SMILES string of the molecule is CCCCCCCCCCCCCCCC(=O)N[C@@H](CCCN=C(N)N)C(=O)N[C@@H](CCC(=O)O)C(=O)N[C@@H](CCCCN)C(=O)N[C@@H](CCCN=C(N)N)C(=O)N[C@@H](CCCN=C(N)N)C(=O)N[C@@H](CO)C(=O)N[C@@H](C)C(=O)N[C@@H](CC(=O)O)C(=O)N[C@H](C(=O)N[C@@H](Cc1ccccc1)C(N)=O)[C@@H](C)CC. The van der Waals surface area contributed by atoms with Crippen LogP contribution in [-0.4, -0.2) is 203 Å². The van der Waals surface area contributed by atoms with E-state index in [1.807, 2.05) is 0 Å². The molecular weight excluding hydrogens is 1390 g/mol. The number of benzene rings is 1. The van der Waals surface area contributed by atoms with Crippen molar-refractivity contribution in [1.82, 2.24) is 53.2 Å². The summed E-state index contributed by atoms with van der Waals surface area (Å²) in [6.07, 6.45) is 12.7. The fourth-order valence-corrected chi connectivity index (χ4v) is 11.1. The minimum atomic E-state index is -1.87. The number of nitrogens with one attached hydrogen (secondary N) is 10. The molecule has 11 amide bonds. The third-order valence-corrected chi connectivity index (χ3v) is 17.4. The molecule has 0 aromatic heterocycles. The average molecular weight is 1510 g/mol. The first-order valence-electron chi connectivity index (χ1n) is 37.1. The highest BCUT2D eigenvalue weighted by molar-refractivity contribution is 5.99. The number of amides is 11. The first-order valence-corrected chi connectivity index (χ1v) is 37.1. The summed E-state index contributed by atoms with van der Waals surface area (Å²) in [6.45, 7) is 5.58. The normalized spacial score (nSPS) is 14.0. The van der Waals surface area contributed by atoms with Crippen molar-refractivity contribution in [3.8, 4) is 0 Å². The van der Waals surface area contributed by atoms with Gasteiger partial charge in [-0.2, -0.15) is 0 Å². The summed E-state index contributed by atoms with van der Waals surface area (Å²) in [4.78, 5) is 189. The highest BCUT2D eigenvalue weighted by atomic mass is 16.4. The Morgan fingerprint density at radius 3 is 1.18 bits per heavy atom. The van der Waals surface area contributed by atoms with E-state index in [1.54, 1.807) is 44.2 Å². The van der Waals surface area contributed by atoms with Gasteiger partial charge >= 0.3 is 11.9 Å². The largest absolute Gasteiger partial charge is 0.481 e. The van der Waals surface area contributed by atoms with Crippen molar-refractivity contribution in [2.24, 2.45) is 66.8 Å². The number of rotatable bonds is 60. The quantitative estimate of drug-likeness (QED) is 0.0186. The number of carbonyl (C=O) groups is 13. The number of aliphatic hydroxyl groups excluding tert-OH is 1. The molecule has 0 aliphatic carbocycles. The molecule has 1 rings (SSSR count). The Bertz CT molecular complexity index is 3020. The number of nitrogens with two attached hydrogens (primary N) is 8. The minimum Gasteiger partial charge on any atom is -0.481 e. The van der Waals surface area contributed by atoms with Crippen LogP contribution in [0.25, 0.3) is 0 Å². The van der Waals surface area contributed by atoms with Crippen molar-refractivity contribution in [1.29, 1.82) is 0 Å². The van der Waals surface area contributed by atoms with Crippen LogP contribution in [0.3, 0.4) is 0 Å². The lowest BCUT2D eigenvalue weighted by Crippen LogP contribution is -2.61. The fraction of sp³-hybridized carbons (Fsp3) is 0.686. The Morgan fingerprint density at radius 1 is 0.393 bits per heavy atom. The topological polar surface area (TPSA) is 648 Å². The molecule has 1 aromatic carbocycles. The number of carboxylic acids is 2. The van der Waals surface area contributed by atoms with Gasteiger partial charge in [0.25, 0.3) is 0 Å². The molecular formula is C70H123N21O16. The van der Waals surface area contributed by atoms with Crippen LogP contribution in [-0.2, 0) is 68.7 Å². The zero-order valence-corrected chi connectivity index (χ0v) is 62.7. The zero-order valence-electron chi connectivity index (χ0n) is 62.7. The fourth-order valence-electron chi connectivity index (χ4n) is 11.1. The number of hydrogen-bond acceptors (Lipinski definition) is 18. The summed E-state index contributed by atoms with van der Waals surface area (Å²) in [5.41, 5.74) is 45.4. The molecule has 1 aromatic rings. The van der Waals surface area contributed by atoms with Gasteiger partial charge in [0, 0.05) is 38.9 Å². The van der Waals surface area contributed by atoms with Crippen LogP contribution >= 0.6 is 0 Å². The van der Waals surface area contributed by atoms with Gasteiger partial charge in [0.2, 0.25) is 65.0 Å². The molecule has 0 aliphatic heterocycles. The number of aliphatic hydroxyl groups is 1. The van der Waals surface area contributed by atoms with E-state index in [0.717, 1.165) is 39.0 Å². The van der Waals surface area contributed by atoms with Crippen LogP contribution in [0.15, 0.2) is 45.3 Å². The minimum absolute atomic E-state index is 0.00257. The van der Waals surface area contributed by atoms with Crippen molar-refractivity contribution >= 4 is 94.8 Å². The lowest BCUT2D eigenvalue weighted by atomic mass is 9.96. The van der Waals surface area contributed by atoms with Gasteiger partial charge in [-0.15, -0.1) is 0 Å². The summed E-state index contributed by atoms with van der Waals surface area (Å²) < 4.78 is 0. The van der Waals surface area contributed by atoms with E-state index in [4.69, 9.17) is 45.9 Å². The van der Waals surface area contributed by atoms with Gasteiger partial charge in [-0.3, -0.25) is 77.3 Å². The van der Waals surface area contributed by atoms with Crippen LogP contribution in [0.4, 0.5) is 0 Å². The Labute approximate surface area is 626 Å². The number of carbonyl (C=O) groups excluding carboxylic acids is 11. The standard InChI is InChI=1S/C70H123N21O16/c1-5-7-8-9-10-11-12-13-14-15-16-17-21-33-54(93)83-46(30-24-37-79-68(73)74)60(100)87-50(34-35-55(94)95)64(104)84-47(29-22-23-36-71)61(101)85-48(31-25-38-80-69(75)76)62(102)86-49(32-26-39-81-70(77)78)63(103)90-53(42-92)66(106)82-44(4)59(99)89-52(41-56(96)97)65(105)91-57(43(3)6-2)67(107)88-51(58(72)98)40-45-27-19-18-20-28-45/h18-20,27-28,43-44,46-53,57,92H,5-17,21-26,29-42,71H2,1-4H3,(H2,72,98)(H,82,106)(H,83,93)(H,84,104)(H,85,101)(H,86,102)(H,87,100)(H,88,107)(H,89,99)(H,90,103)(H,91,105)(H,94,95)(H,96,97)(H4,73,74,79)(H4,75,76,80)(H4,77,78,81)/t43-,44-,46-,47-,48-,49-,50-,51-,52-,53-,57-/m0/s1. The van der Waals surface area contributed by atoms with Gasteiger partial charge in [-0.05, 0) is 95.6 Å². The molecule has 0 saturated carbocycles. The second-order valence-electron chi connectivity index (χ2n) is 26.6. The second-order valence-corrected chi connectivity index (χ2v) is 26.6. The Hall–Kier alpha value is -9.94. The summed E-state index contributed by atoms with van der Waals surface area (Å²) in [7, 11) is 0. The number of aliphatic carboxylic acids is 2. The summed E-state index contributed by atoms with van der Waals surface area (Å²) in [6, 6.07) is -6.85. The lowest BCUT2D eigenvalue weighted by Gasteiger charge is -2.28. The average Bonchev–Trinajstić information content (AvgIpc) is 0.858. The molecule has 37 heteroatoms. The lowest BCUT2D eigenvalue weighted by molar-refractivity contribution is -0.142. The summed E-state index contributed by atoms with van der Waals surface area (Å²) in [5.74, 6) is -14.9. The maximum atomic E-state index is 14.6. The van der Waals surface area contributed by atoms with E-state index in [0.29, 0.717) is 24.8 Å². The van der Waals surface area contributed by atoms with Gasteiger partial charge < -0.3 is 114 Å². The predicted octanol–water partition coefficient (Wildman–Crippen LogP) is -2.27. The number of unbranched alkanes of at least 4 members (excludes halogenated alkanes) is 13. The monoisotopic (exact) mass is 1510 g/mol. The summed E-state index contributed by atoms with van der Waals surface area (Å²) >= 11 is 0. The number of hydrogen-bond donors (Lipinski definition) is 21. The van der Waals surface area contributed by atoms with Crippen molar-refractivity contribution in [2.75, 3.05) is 32.8 Å². The molecule has 107 heavy (non-hydrogen) atoms. The number of primary amides is 1. The van der Waals surface area contributed by atoms with E-state index in [1.165, 1.54) is 44.9 Å². The highest BCUT2D eigenvalue weighted by Gasteiger charge is 2.37. The van der Waals surface area contributed by atoms with Crippen LogP contribution in [0, 0.1) is 5.92 Å². The molecule has 0 heterocycles. The molecule has 11 atom stereocenters. The van der Waals surface area contributed by atoms with Gasteiger partial charge in [-0.25, -0.2) is 0 Å². The van der Waals surface area contributed by atoms with Crippen molar-refractivity contribution < 1.29 is 77.6 Å². The van der Waals surface area contributed by atoms with Crippen molar-refractivity contribution in [3.05, 3.63) is 35.9 Å². The van der Waals surface area contributed by atoms with Gasteiger partial charge in [-0.1, -0.05) is 135 Å². The van der Waals surface area contributed by atoms with Crippen LogP contribution in [0.1, 0.15) is 207 Å². The number of aliphatic imine (C=N–C) groups is 3. The molecule has 0 bridgehead atoms. The molecule has 0 spiro atoms. The van der Waals surface area contributed by atoms with Crippen LogP contribution in [0.2, 0.25) is 0 Å². The Kier molecular flexibility index (Phi) is 49.3. The highest BCUT2D eigenvalue weighted by Crippen LogP contribution is 2.16. The molecule has 0 radical (unpaired) electrons. The smallest absolute Gasteiger partial charge is 0.305 e. The molecule has 37 nitrogen and oxygen atoms in total. The Morgan fingerprint density at radius 2 is 0.776 bits per heavy atom. The number of carboxylic acid groups (broad SMARTS) is 2. The van der Waals surface area contributed by atoms with Crippen LogP contribution in [0.5, 0.6) is 0 Å². The van der Waals surface area contributed by atoms with Crippen molar-refractivity contribution in [3.63, 3.8) is 0 Å².